The lowest BCUT2D eigenvalue weighted by molar-refractivity contribution is 0.0806. The third-order valence-corrected chi connectivity index (χ3v) is 7.64. The predicted molar refractivity (Wildman–Crippen MR) is 151 cm³/mol. The van der Waals surface area contributed by atoms with Crippen molar-refractivity contribution in [2.45, 2.75) is 32.5 Å². The van der Waals surface area contributed by atoms with Crippen molar-refractivity contribution in [2.75, 3.05) is 13.1 Å². The molecule has 0 saturated carbocycles. The normalized spacial score (nSPS) is 14.1. The molecule has 1 N–H and O–H groups in total. The topological polar surface area (TPSA) is 94.5 Å². The van der Waals surface area contributed by atoms with Crippen molar-refractivity contribution < 1.29 is 14.6 Å². The molecule has 0 bridgehead atoms. The van der Waals surface area contributed by atoms with Gasteiger partial charge in [0.25, 0.3) is 0 Å². The van der Waals surface area contributed by atoms with E-state index in [4.69, 9.17) is 4.74 Å². The minimum atomic E-state index is -0.316. The monoisotopic (exact) mass is 537 g/mol. The number of rotatable bonds is 7. The van der Waals surface area contributed by atoms with Gasteiger partial charge in [-0.1, -0.05) is 66.7 Å². The summed E-state index contributed by atoms with van der Waals surface area (Å²) in [5, 5.41) is 12.7. The number of nitrogens with zero attached hydrogens (tertiary/aromatic N) is 5. The lowest BCUT2D eigenvalue weighted by Crippen LogP contribution is -2.39. The Kier molecular flexibility index (Phi) is 7.09. The summed E-state index contributed by atoms with van der Waals surface area (Å²) in [5.41, 5.74) is 2.21. The van der Waals surface area contributed by atoms with Crippen molar-refractivity contribution in [3.63, 3.8) is 0 Å². The summed E-state index contributed by atoms with van der Waals surface area (Å²) in [6, 6.07) is 23.3. The van der Waals surface area contributed by atoms with Crippen molar-refractivity contribution in [3.8, 4) is 11.6 Å². The maximum absolute atomic E-state index is 13.4. The zero-order valence-electron chi connectivity index (χ0n) is 22.1. The van der Waals surface area contributed by atoms with Crippen molar-refractivity contribution in [1.29, 1.82) is 0 Å². The Hall–Kier alpha value is -4.79. The number of likely N-dealkylation sites (tertiary alicyclic amines) is 1. The fourth-order valence-corrected chi connectivity index (χ4v) is 5.40. The van der Waals surface area contributed by atoms with Crippen LogP contribution in [0, 0.1) is 5.92 Å². The molecule has 3 heterocycles. The molecule has 0 unspecified atom stereocenters. The van der Waals surface area contributed by atoms with Gasteiger partial charge < -0.3 is 19.3 Å². The van der Waals surface area contributed by atoms with Gasteiger partial charge in [-0.25, -0.2) is 14.6 Å². The zero-order chi connectivity index (χ0) is 27.5. The first-order chi connectivity index (χ1) is 19.6. The van der Waals surface area contributed by atoms with Gasteiger partial charge in [0, 0.05) is 31.2 Å². The molecule has 40 heavy (non-hydrogen) atoms. The number of hydrogen-bond donors (Lipinski definition) is 1. The summed E-state index contributed by atoms with van der Waals surface area (Å²) in [4.78, 5) is 32.0. The van der Waals surface area contributed by atoms with E-state index in [2.05, 4.69) is 4.98 Å². The second kappa shape index (κ2) is 11.1. The molecule has 1 fully saturated rings. The average molecular weight is 538 g/mol. The molecule has 9 heteroatoms. The molecule has 0 atom stereocenters. The SMILES string of the molecule is O=C(OCc1ccccc1)N1CCC(Cn2cncc2Cn2c(O)cn(-c3cccc4ccccc34)c2=O)CC1. The van der Waals surface area contributed by atoms with E-state index >= 15 is 0 Å². The van der Waals surface area contributed by atoms with E-state index in [9.17, 15) is 14.7 Å². The molecule has 1 saturated heterocycles. The molecular weight excluding hydrogens is 506 g/mol. The Morgan fingerprint density at radius 2 is 1.73 bits per heavy atom. The number of carbonyl (C=O) groups excluding carboxylic acids is 1. The largest absolute Gasteiger partial charge is 0.493 e. The summed E-state index contributed by atoms with van der Waals surface area (Å²) in [7, 11) is 0. The Bertz CT molecular complexity index is 1670. The number of aromatic hydroxyl groups is 1. The van der Waals surface area contributed by atoms with E-state index in [1.54, 1.807) is 17.4 Å². The lowest BCUT2D eigenvalue weighted by atomic mass is 9.97. The molecule has 0 spiro atoms. The lowest BCUT2D eigenvalue weighted by Gasteiger charge is -2.31. The van der Waals surface area contributed by atoms with Crippen LogP contribution in [0.15, 0.2) is 96.3 Å². The number of piperidine rings is 1. The van der Waals surface area contributed by atoms with E-state index in [1.807, 2.05) is 77.4 Å². The van der Waals surface area contributed by atoms with Gasteiger partial charge in [-0.3, -0.25) is 9.13 Å². The highest BCUT2D eigenvalue weighted by atomic mass is 16.6. The minimum Gasteiger partial charge on any atom is -0.493 e. The number of hydrogen-bond acceptors (Lipinski definition) is 5. The smallest absolute Gasteiger partial charge is 0.410 e. The maximum Gasteiger partial charge on any atom is 0.410 e. The van der Waals surface area contributed by atoms with Gasteiger partial charge in [0.1, 0.15) is 6.61 Å². The Labute approximate surface area is 231 Å². The zero-order valence-corrected chi connectivity index (χ0v) is 22.1. The van der Waals surface area contributed by atoms with Crippen molar-refractivity contribution in [1.82, 2.24) is 23.6 Å². The highest BCUT2D eigenvalue weighted by Crippen LogP contribution is 2.24. The third-order valence-electron chi connectivity index (χ3n) is 7.64. The molecule has 1 amide bonds. The summed E-state index contributed by atoms with van der Waals surface area (Å²) in [5.74, 6) is 0.254. The first-order valence-corrected chi connectivity index (χ1v) is 13.5. The van der Waals surface area contributed by atoms with Gasteiger partial charge in [0.05, 0.1) is 30.5 Å². The number of imidazole rings is 2. The van der Waals surface area contributed by atoms with E-state index in [1.165, 1.54) is 15.3 Å². The van der Waals surface area contributed by atoms with E-state index in [0.29, 0.717) is 19.0 Å². The van der Waals surface area contributed by atoms with E-state index in [-0.39, 0.29) is 30.8 Å². The highest BCUT2D eigenvalue weighted by Gasteiger charge is 2.25. The fraction of sp³-hybridized carbons (Fsp3) is 0.258. The Balaban J connectivity index is 1.10. The molecule has 1 aliphatic rings. The number of carbonyl (C=O) groups is 1. The predicted octanol–water partition coefficient (Wildman–Crippen LogP) is 4.79. The van der Waals surface area contributed by atoms with E-state index in [0.717, 1.165) is 47.1 Å². The van der Waals surface area contributed by atoms with Gasteiger partial charge in [0.2, 0.25) is 5.88 Å². The molecule has 3 aromatic carbocycles. The van der Waals surface area contributed by atoms with E-state index < -0.39 is 0 Å². The molecule has 0 aliphatic carbocycles. The van der Waals surface area contributed by atoms with Crippen LogP contribution < -0.4 is 5.69 Å². The van der Waals surface area contributed by atoms with Crippen LogP contribution in [0.25, 0.3) is 16.5 Å². The highest BCUT2D eigenvalue weighted by molar-refractivity contribution is 5.90. The number of ether oxygens (including phenoxy) is 1. The van der Waals surface area contributed by atoms with Crippen molar-refractivity contribution in [3.05, 3.63) is 113 Å². The second-order valence-corrected chi connectivity index (χ2v) is 10.2. The number of aromatic nitrogens is 4. The van der Waals surface area contributed by atoms with Crippen LogP contribution in [0.5, 0.6) is 5.88 Å². The van der Waals surface area contributed by atoms with Crippen LogP contribution in [0.2, 0.25) is 0 Å². The van der Waals surface area contributed by atoms with Crippen LogP contribution in [-0.4, -0.2) is 47.9 Å². The fourth-order valence-electron chi connectivity index (χ4n) is 5.40. The van der Waals surface area contributed by atoms with Crippen LogP contribution in [0.1, 0.15) is 24.1 Å². The molecule has 5 aromatic rings. The van der Waals surface area contributed by atoms with Crippen LogP contribution in [0.3, 0.4) is 0 Å². The standard InChI is InChI=1S/C31H31N5O4/c37-29-20-35(28-12-6-10-25-9-4-5-11-27(25)28)30(38)36(29)19-26-17-32-22-34(26)18-23-13-15-33(16-14-23)31(39)40-21-24-7-2-1-3-8-24/h1-12,17,20,22-23,37H,13-16,18-19,21H2. The third kappa shape index (κ3) is 5.22. The molecule has 9 nitrogen and oxygen atoms in total. The van der Waals surface area contributed by atoms with Gasteiger partial charge in [-0.15, -0.1) is 0 Å². The Morgan fingerprint density at radius 1 is 0.975 bits per heavy atom. The van der Waals surface area contributed by atoms with Crippen molar-refractivity contribution in [2.24, 2.45) is 5.92 Å². The molecular formula is C31H31N5O4. The average Bonchev–Trinajstić information content (AvgIpc) is 3.55. The minimum absolute atomic E-state index is 0.104. The van der Waals surface area contributed by atoms with Crippen molar-refractivity contribution >= 4 is 16.9 Å². The maximum atomic E-state index is 13.4. The molecule has 2 aromatic heterocycles. The van der Waals surface area contributed by atoms with Gasteiger partial charge in [-0.2, -0.15) is 0 Å². The number of benzene rings is 3. The van der Waals surface area contributed by atoms with Crippen LogP contribution >= 0.6 is 0 Å². The number of amides is 1. The van der Waals surface area contributed by atoms with Gasteiger partial charge in [-0.05, 0) is 35.8 Å². The summed E-state index contributed by atoms with van der Waals surface area (Å²) in [6.45, 7) is 2.47. The van der Waals surface area contributed by atoms with Crippen LogP contribution in [-0.2, 0) is 24.4 Å². The number of fused-ring (bicyclic) bond motifs is 1. The Morgan fingerprint density at radius 3 is 2.55 bits per heavy atom. The molecule has 6 rings (SSSR count). The van der Waals surface area contributed by atoms with Gasteiger partial charge in [0.15, 0.2) is 0 Å². The molecule has 1 aliphatic heterocycles. The summed E-state index contributed by atoms with van der Waals surface area (Å²) < 4.78 is 10.4. The first-order valence-electron chi connectivity index (χ1n) is 13.5. The summed E-state index contributed by atoms with van der Waals surface area (Å²) in [6.07, 6.45) is 6.38. The summed E-state index contributed by atoms with van der Waals surface area (Å²) >= 11 is 0. The second-order valence-electron chi connectivity index (χ2n) is 10.2. The molecule has 0 radical (unpaired) electrons. The molecule has 204 valence electrons. The van der Waals surface area contributed by atoms with Crippen LogP contribution in [0.4, 0.5) is 4.79 Å². The van der Waals surface area contributed by atoms with Gasteiger partial charge >= 0.3 is 11.8 Å². The first kappa shape index (κ1) is 25.5. The quantitative estimate of drug-likeness (QED) is 0.322.